The molecule has 4 rings (SSSR count). The first-order valence-corrected chi connectivity index (χ1v) is 8.84. The second-order valence-corrected chi connectivity index (χ2v) is 6.48. The second kappa shape index (κ2) is 6.86. The van der Waals surface area contributed by atoms with E-state index in [1.165, 1.54) is 18.1 Å². The molecule has 0 saturated carbocycles. The molecule has 126 valence electrons. The lowest BCUT2D eigenvalue weighted by Gasteiger charge is -2.05. The van der Waals surface area contributed by atoms with Crippen LogP contribution in [0.5, 0.6) is 0 Å². The Labute approximate surface area is 153 Å². The number of hydrogen-bond donors (Lipinski definition) is 2. The number of fused-ring (bicyclic) bond motifs is 2. The van der Waals surface area contributed by atoms with Crippen molar-refractivity contribution in [1.82, 2.24) is 19.9 Å². The maximum Gasteiger partial charge on any atom is 0.152 e. The Bertz CT molecular complexity index is 1140. The lowest BCUT2D eigenvalue weighted by molar-refractivity contribution is 0.420. The van der Waals surface area contributed by atoms with E-state index in [9.17, 15) is 10.4 Å². The van der Waals surface area contributed by atoms with E-state index in [0.717, 1.165) is 27.0 Å². The fourth-order valence-corrected chi connectivity index (χ4v) is 3.50. The Morgan fingerprint density at radius 1 is 1.08 bits per heavy atom. The van der Waals surface area contributed by atoms with E-state index in [1.807, 2.05) is 54.6 Å². The van der Waals surface area contributed by atoms with Crippen LogP contribution in [0.3, 0.4) is 0 Å². The van der Waals surface area contributed by atoms with Gasteiger partial charge in [-0.25, -0.2) is 15.0 Å². The first-order valence-electron chi connectivity index (χ1n) is 7.86. The van der Waals surface area contributed by atoms with Crippen LogP contribution in [0.1, 0.15) is 5.82 Å². The van der Waals surface area contributed by atoms with Gasteiger partial charge < -0.3 is 10.1 Å². The molecule has 0 aliphatic carbocycles. The third-order valence-electron chi connectivity index (χ3n) is 3.88. The van der Waals surface area contributed by atoms with Gasteiger partial charge in [-0.1, -0.05) is 42.1 Å². The van der Waals surface area contributed by atoms with Crippen LogP contribution in [0.2, 0.25) is 0 Å². The highest BCUT2D eigenvalue weighted by atomic mass is 32.2. The number of benzene rings is 2. The number of nitrogens with one attached hydrogen (secondary N) is 1. The highest BCUT2D eigenvalue weighted by Crippen LogP contribution is 2.27. The van der Waals surface area contributed by atoms with Crippen molar-refractivity contribution in [2.75, 3.05) is 5.75 Å². The summed E-state index contributed by atoms with van der Waals surface area (Å²) in [6.45, 7) is 0. The van der Waals surface area contributed by atoms with Gasteiger partial charge in [0.2, 0.25) is 0 Å². The molecule has 2 aromatic carbocycles. The average molecular weight is 359 g/mol. The summed E-state index contributed by atoms with van der Waals surface area (Å²) in [5.74, 6) is 0.527. The standard InChI is InChI=1S/C19H13N5OS/c20-9-13(18-23-15-7-3-4-8-16(15)24-18)17(25)10-26-19-12-5-1-2-6-14(12)21-11-22-19/h1-8,11,25H,10H2,(H,23,24). The minimum atomic E-state index is -0.0424. The molecule has 2 heterocycles. The van der Waals surface area contributed by atoms with Crippen LogP contribution in [0.4, 0.5) is 0 Å². The summed E-state index contributed by atoms with van der Waals surface area (Å²) >= 11 is 1.35. The van der Waals surface area contributed by atoms with Gasteiger partial charge in [-0.2, -0.15) is 5.26 Å². The monoisotopic (exact) mass is 359 g/mol. The van der Waals surface area contributed by atoms with Crippen molar-refractivity contribution in [3.63, 3.8) is 0 Å². The number of nitrogens with zero attached hydrogens (tertiary/aromatic N) is 4. The van der Waals surface area contributed by atoms with Crippen LogP contribution in [-0.4, -0.2) is 30.8 Å². The number of imidazole rings is 1. The molecule has 0 saturated heterocycles. The van der Waals surface area contributed by atoms with E-state index in [1.54, 1.807) is 0 Å². The summed E-state index contributed by atoms with van der Waals surface area (Å²) in [6.07, 6.45) is 1.50. The maximum atomic E-state index is 10.5. The molecule has 6 nitrogen and oxygen atoms in total. The number of aliphatic hydroxyl groups excluding tert-OH is 1. The molecular formula is C19H13N5OS. The van der Waals surface area contributed by atoms with Gasteiger partial charge in [-0.3, -0.25) is 0 Å². The smallest absolute Gasteiger partial charge is 0.152 e. The molecule has 2 aromatic heterocycles. The maximum absolute atomic E-state index is 10.5. The van der Waals surface area contributed by atoms with Crippen molar-refractivity contribution in [3.8, 4) is 6.07 Å². The van der Waals surface area contributed by atoms with Crippen molar-refractivity contribution >= 4 is 39.3 Å². The fraction of sp³-hybridized carbons (Fsp3) is 0.0526. The molecule has 4 aromatic rings. The average Bonchev–Trinajstić information content (AvgIpc) is 3.10. The number of hydrogen-bond acceptors (Lipinski definition) is 6. The molecule has 0 aliphatic rings. The Hall–Kier alpha value is -3.37. The summed E-state index contributed by atoms with van der Waals surface area (Å²) in [6, 6.07) is 17.2. The van der Waals surface area contributed by atoms with Crippen molar-refractivity contribution < 1.29 is 5.11 Å². The molecule has 0 aliphatic heterocycles. The zero-order chi connectivity index (χ0) is 17.9. The summed E-state index contributed by atoms with van der Waals surface area (Å²) < 4.78 is 0. The van der Waals surface area contributed by atoms with Crippen LogP contribution in [0, 0.1) is 11.3 Å². The second-order valence-electron chi connectivity index (χ2n) is 5.52. The van der Waals surface area contributed by atoms with Crippen LogP contribution in [0.15, 0.2) is 65.6 Å². The molecule has 0 atom stereocenters. The van der Waals surface area contributed by atoms with Gasteiger partial charge in [0, 0.05) is 5.39 Å². The Kier molecular flexibility index (Phi) is 4.25. The van der Waals surface area contributed by atoms with Crippen LogP contribution >= 0.6 is 11.8 Å². The topological polar surface area (TPSA) is 98.5 Å². The largest absolute Gasteiger partial charge is 0.510 e. The number of para-hydroxylation sites is 3. The molecule has 26 heavy (non-hydrogen) atoms. The Morgan fingerprint density at radius 3 is 2.65 bits per heavy atom. The third-order valence-corrected chi connectivity index (χ3v) is 4.89. The van der Waals surface area contributed by atoms with E-state index in [0.29, 0.717) is 5.82 Å². The van der Waals surface area contributed by atoms with E-state index < -0.39 is 0 Å². The van der Waals surface area contributed by atoms with E-state index in [4.69, 9.17) is 0 Å². The summed E-state index contributed by atoms with van der Waals surface area (Å²) in [5, 5.41) is 21.6. The van der Waals surface area contributed by atoms with Crippen molar-refractivity contribution in [1.29, 1.82) is 5.26 Å². The quantitative estimate of drug-likeness (QED) is 0.246. The molecule has 2 N–H and O–H groups in total. The molecule has 0 spiro atoms. The van der Waals surface area contributed by atoms with Gasteiger partial charge in [-0.15, -0.1) is 0 Å². The van der Waals surface area contributed by atoms with Crippen molar-refractivity contribution in [3.05, 3.63) is 66.4 Å². The Morgan fingerprint density at radius 2 is 1.85 bits per heavy atom. The fourth-order valence-electron chi connectivity index (χ4n) is 2.63. The Balaban J connectivity index is 1.64. The lowest BCUT2D eigenvalue weighted by Crippen LogP contribution is -1.96. The lowest BCUT2D eigenvalue weighted by atomic mass is 10.2. The first kappa shape index (κ1) is 16.1. The minimum Gasteiger partial charge on any atom is -0.510 e. The number of thioether (sulfide) groups is 1. The van der Waals surface area contributed by atoms with Gasteiger partial charge in [0.15, 0.2) is 5.82 Å². The minimum absolute atomic E-state index is 0.0424. The van der Waals surface area contributed by atoms with Gasteiger partial charge >= 0.3 is 0 Å². The van der Waals surface area contributed by atoms with Gasteiger partial charge in [0.05, 0.1) is 22.3 Å². The normalized spacial score (nSPS) is 12.1. The number of nitriles is 1. The highest BCUT2D eigenvalue weighted by Gasteiger charge is 2.14. The van der Waals surface area contributed by atoms with E-state index in [-0.39, 0.29) is 17.1 Å². The molecule has 0 amide bonds. The number of aromatic nitrogens is 4. The number of allylic oxidation sites excluding steroid dienone is 1. The van der Waals surface area contributed by atoms with Crippen LogP contribution in [-0.2, 0) is 0 Å². The number of aromatic amines is 1. The zero-order valence-corrected chi connectivity index (χ0v) is 14.4. The molecule has 0 radical (unpaired) electrons. The highest BCUT2D eigenvalue weighted by molar-refractivity contribution is 7.99. The molecule has 7 heteroatoms. The van der Waals surface area contributed by atoms with Crippen LogP contribution < -0.4 is 0 Å². The number of aliphatic hydroxyl groups is 1. The third kappa shape index (κ3) is 2.98. The molecule has 0 fully saturated rings. The summed E-state index contributed by atoms with van der Waals surface area (Å²) in [5.41, 5.74) is 2.54. The van der Waals surface area contributed by atoms with E-state index >= 15 is 0 Å². The summed E-state index contributed by atoms with van der Waals surface area (Å²) in [4.78, 5) is 16.0. The number of H-pyrrole nitrogens is 1. The van der Waals surface area contributed by atoms with Gasteiger partial charge in [-0.05, 0) is 18.2 Å². The first-order chi connectivity index (χ1) is 12.8. The molecule has 0 bridgehead atoms. The van der Waals surface area contributed by atoms with Crippen molar-refractivity contribution in [2.24, 2.45) is 0 Å². The van der Waals surface area contributed by atoms with Gasteiger partial charge in [0.25, 0.3) is 0 Å². The molecular weight excluding hydrogens is 346 g/mol. The predicted octanol–water partition coefficient (Wildman–Crippen LogP) is 4.09. The van der Waals surface area contributed by atoms with Crippen molar-refractivity contribution in [2.45, 2.75) is 5.03 Å². The van der Waals surface area contributed by atoms with E-state index in [2.05, 4.69) is 19.9 Å². The van der Waals surface area contributed by atoms with Gasteiger partial charge in [0.1, 0.15) is 28.8 Å². The zero-order valence-electron chi connectivity index (χ0n) is 13.5. The molecule has 0 unspecified atom stereocenters. The SMILES string of the molecule is N#CC(=C(O)CSc1ncnc2ccccc12)c1nc2ccccc2[nH]1. The predicted molar refractivity (Wildman–Crippen MR) is 102 cm³/mol. The van der Waals surface area contributed by atoms with Crippen LogP contribution in [0.25, 0.3) is 27.5 Å². The number of rotatable bonds is 4. The summed E-state index contributed by atoms with van der Waals surface area (Å²) in [7, 11) is 0.